The zero-order chi connectivity index (χ0) is 13.7. The van der Waals surface area contributed by atoms with Gasteiger partial charge in [-0.2, -0.15) is 0 Å². The van der Waals surface area contributed by atoms with Crippen LogP contribution in [0, 0.1) is 0 Å². The summed E-state index contributed by atoms with van der Waals surface area (Å²) in [5.41, 5.74) is 0.621. The Morgan fingerprint density at radius 1 is 1.16 bits per heavy atom. The van der Waals surface area contributed by atoms with Crippen molar-refractivity contribution in [2.75, 3.05) is 0 Å². The van der Waals surface area contributed by atoms with Gasteiger partial charge in [0.15, 0.2) is 5.43 Å². The molecule has 0 fully saturated rings. The molecular weight excluding hydrogens is 242 g/mol. The molecular formula is C15H15NO3. The molecule has 98 valence electrons. The Bertz CT molecular complexity index is 617. The number of carbonyl (C=O) groups is 1. The van der Waals surface area contributed by atoms with Gasteiger partial charge in [0.2, 0.25) is 0 Å². The maximum absolute atomic E-state index is 11.3. The summed E-state index contributed by atoms with van der Waals surface area (Å²) in [7, 11) is 0. The molecule has 0 amide bonds. The van der Waals surface area contributed by atoms with Gasteiger partial charge < -0.3 is 9.67 Å². The average Bonchev–Trinajstić information content (AvgIpc) is 2.41. The molecule has 0 saturated carbocycles. The number of carboxylic acids is 1. The zero-order valence-corrected chi connectivity index (χ0v) is 10.5. The van der Waals surface area contributed by atoms with Crippen molar-refractivity contribution in [3.63, 3.8) is 0 Å². The van der Waals surface area contributed by atoms with Crippen molar-refractivity contribution in [3.8, 4) is 0 Å². The van der Waals surface area contributed by atoms with Crippen LogP contribution in [0.5, 0.6) is 0 Å². The summed E-state index contributed by atoms with van der Waals surface area (Å²) < 4.78 is 1.74. The molecule has 2 rings (SSSR count). The minimum Gasteiger partial charge on any atom is -0.477 e. The van der Waals surface area contributed by atoms with E-state index in [1.165, 1.54) is 17.8 Å². The Hall–Kier alpha value is -2.36. The van der Waals surface area contributed by atoms with Crippen LogP contribution in [0.1, 0.15) is 22.3 Å². The highest BCUT2D eigenvalue weighted by atomic mass is 16.4. The second-order valence-corrected chi connectivity index (χ2v) is 4.35. The largest absolute Gasteiger partial charge is 0.477 e. The molecule has 0 spiro atoms. The molecule has 0 saturated heterocycles. The standard InChI is InChI=1S/C15H15NO3/c17-14-8-10-16(11-13(14)15(18)19)9-4-7-12-5-2-1-3-6-12/h1-3,5-6,8,10-11H,4,7,9H2,(H,18,19). The Morgan fingerprint density at radius 2 is 1.89 bits per heavy atom. The van der Waals surface area contributed by atoms with Gasteiger partial charge >= 0.3 is 5.97 Å². The Kier molecular flexibility index (Phi) is 4.13. The Balaban J connectivity index is 1.99. The first-order valence-electron chi connectivity index (χ1n) is 6.14. The van der Waals surface area contributed by atoms with Gasteiger partial charge in [0.05, 0.1) is 0 Å². The number of aryl methyl sites for hydroxylation is 2. The third kappa shape index (κ3) is 3.55. The van der Waals surface area contributed by atoms with Crippen molar-refractivity contribution in [2.45, 2.75) is 19.4 Å². The molecule has 4 heteroatoms. The van der Waals surface area contributed by atoms with E-state index in [1.54, 1.807) is 10.8 Å². The van der Waals surface area contributed by atoms with Crippen molar-refractivity contribution >= 4 is 5.97 Å². The first kappa shape index (κ1) is 13.1. The molecule has 4 nitrogen and oxygen atoms in total. The number of rotatable bonds is 5. The summed E-state index contributed by atoms with van der Waals surface area (Å²) in [6.45, 7) is 0.690. The van der Waals surface area contributed by atoms with E-state index in [9.17, 15) is 9.59 Å². The van der Waals surface area contributed by atoms with Crippen molar-refractivity contribution in [2.24, 2.45) is 0 Å². The fourth-order valence-corrected chi connectivity index (χ4v) is 1.94. The van der Waals surface area contributed by atoms with Crippen LogP contribution in [-0.4, -0.2) is 15.6 Å². The Labute approximate surface area is 110 Å². The minimum atomic E-state index is -1.18. The lowest BCUT2D eigenvalue weighted by atomic mass is 10.1. The molecule has 2 aromatic rings. The van der Waals surface area contributed by atoms with Crippen molar-refractivity contribution in [3.05, 3.63) is 70.1 Å². The van der Waals surface area contributed by atoms with Gasteiger partial charge in [0, 0.05) is 25.0 Å². The summed E-state index contributed by atoms with van der Waals surface area (Å²) in [5.74, 6) is -1.18. The third-order valence-electron chi connectivity index (χ3n) is 2.93. The van der Waals surface area contributed by atoms with Gasteiger partial charge in [-0.3, -0.25) is 4.79 Å². The molecule has 0 aliphatic heterocycles. The van der Waals surface area contributed by atoms with E-state index < -0.39 is 11.4 Å². The minimum absolute atomic E-state index is 0.179. The van der Waals surface area contributed by atoms with Gasteiger partial charge in [0.1, 0.15) is 5.56 Å². The highest BCUT2D eigenvalue weighted by Crippen LogP contribution is 2.04. The maximum Gasteiger partial charge on any atom is 0.341 e. The fourth-order valence-electron chi connectivity index (χ4n) is 1.94. The molecule has 0 radical (unpaired) electrons. The van der Waals surface area contributed by atoms with Crippen LogP contribution in [0.25, 0.3) is 0 Å². The number of nitrogens with zero attached hydrogens (tertiary/aromatic N) is 1. The van der Waals surface area contributed by atoms with E-state index in [1.807, 2.05) is 18.2 Å². The van der Waals surface area contributed by atoms with Gasteiger partial charge in [-0.25, -0.2) is 4.79 Å². The third-order valence-corrected chi connectivity index (χ3v) is 2.93. The number of carboxylic acid groups (broad SMARTS) is 1. The van der Waals surface area contributed by atoms with E-state index in [0.29, 0.717) is 6.54 Å². The molecule has 0 unspecified atom stereocenters. The van der Waals surface area contributed by atoms with Crippen LogP contribution in [0.3, 0.4) is 0 Å². The summed E-state index contributed by atoms with van der Waals surface area (Å²) >= 11 is 0. The normalized spacial score (nSPS) is 10.3. The van der Waals surface area contributed by atoms with Gasteiger partial charge in [-0.05, 0) is 18.4 Å². The molecule has 0 aliphatic carbocycles. The van der Waals surface area contributed by atoms with E-state index in [-0.39, 0.29) is 5.56 Å². The number of aromatic carboxylic acids is 1. The van der Waals surface area contributed by atoms with Crippen molar-refractivity contribution < 1.29 is 9.90 Å². The van der Waals surface area contributed by atoms with Gasteiger partial charge in [0.25, 0.3) is 0 Å². The van der Waals surface area contributed by atoms with Crippen molar-refractivity contribution in [1.29, 1.82) is 0 Å². The number of hydrogen-bond acceptors (Lipinski definition) is 2. The quantitative estimate of drug-likeness (QED) is 0.893. The molecule has 1 N–H and O–H groups in total. The fraction of sp³-hybridized carbons (Fsp3) is 0.200. The number of benzene rings is 1. The maximum atomic E-state index is 11.3. The molecule has 0 atom stereocenters. The van der Waals surface area contributed by atoms with Gasteiger partial charge in [-0.1, -0.05) is 30.3 Å². The monoisotopic (exact) mass is 257 g/mol. The molecule has 0 aliphatic rings. The molecule has 1 heterocycles. The zero-order valence-electron chi connectivity index (χ0n) is 10.5. The smallest absolute Gasteiger partial charge is 0.341 e. The molecule has 0 bridgehead atoms. The van der Waals surface area contributed by atoms with Crippen LogP contribution in [0.4, 0.5) is 0 Å². The van der Waals surface area contributed by atoms with Crippen LogP contribution < -0.4 is 5.43 Å². The second-order valence-electron chi connectivity index (χ2n) is 4.35. The van der Waals surface area contributed by atoms with E-state index in [4.69, 9.17) is 5.11 Å². The van der Waals surface area contributed by atoms with Crippen LogP contribution in [-0.2, 0) is 13.0 Å². The van der Waals surface area contributed by atoms with E-state index >= 15 is 0 Å². The second kappa shape index (κ2) is 6.00. The van der Waals surface area contributed by atoms with Crippen molar-refractivity contribution in [1.82, 2.24) is 4.57 Å². The molecule has 1 aromatic heterocycles. The highest BCUT2D eigenvalue weighted by molar-refractivity contribution is 5.86. The van der Waals surface area contributed by atoms with Crippen LogP contribution in [0.2, 0.25) is 0 Å². The first-order valence-corrected chi connectivity index (χ1v) is 6.14. The topological polar surface area (TPSA) is 59.3 Å². The first-order chi connectivity index (χ1) is 9.16. The summed E-state index contributed by atoms with van der Waals surface area (Å²) in [5, 5.41) is 8.88. The van der Waals surface area contributed by atoms with Gasteiger partial charge in [-0.15, -0.1) is 0 Å². The van der Waals surface area contributed by atoms with Crippen LogP contribution in [0.15, 0.2) is 53.6 Å². The molecule has 19 heavy (non-hydrogen) atoms. The lowest BCUT2D eigenvalue weighted by Crippen LogP contribution is -2.16. The average molecular weight is 257 g/mol. The number of pyridine rings is 1. The Morgan fingerprint density at radius 3 is 2.58 bits per heavy atom. The lowest BCUT2D eigenvalue weighted by Gasteiger charge is -2.07. The SMILES string of the molecule is O=C(O)c1cn(CCCc2ccccc2)ccc1=O. The summed E-state index contributed by atoms with van der Waals surface area (Å²) in [6.07, 6.45) is 4.84. The summed E-state index contributed by atoms with van der Waals surface area (Å²) in [4.78, 5) is 22.2. The van der Waals surface area contributed by atoms with E-state index in [2.05, 4.69) is 12.1 Å². The predicted molar refractivity (Wildman–Crippen MR) is 72.4 cm³/mol. The van der Waals surface area contributed by atoms with E-state index in [0.717, 1.165) is 12.8 Å². The molecule has 1 aromatic carbocycles. The number of hydrogen-bond donors (Lipinski definition) is 1. The predicted octanol–water partition coefficient (Wildman–Crippen LogP) is 2.18. The number of aromatic nitrogens is 1. The lowest BCUT2D eigenvalue weighted by molar-refractivity contribution is 0.0694. The summed E-state index contributed by atoms with van der Waals surface area (Å²) in [6, 6.07) is 11.4. The van der Waals surface area contributed by atoms with Crippen LogP contribution >= 0.6 is 0 Å². The highest BCUT2D eigenvalue weighted by Gasteiger charge is 2.07.